The maximum atomic E-state index is 4.28. The van der Waals surface area contributed by atoms with Crippen LogP contribution >= 0.6 is 11.3 Å². The molecule has 0 unspecified atom stereocenters. The monoisotopic (exact) mass is 340 g/mol. The zero-order valence-corrected chi connectivity index (χ0v) is 14.5. The van der Waals surface area contributed by atoms with Crippen LogP contribution in [0.1, 0.15) is 16.0 Å². The van der Waals surface area contributed by atoms with E-state index in [1.165, 1.54) is 16.8 Å². The largest absolute Gasteiger partial charge is 0.352 e. The minimum Gasteiger partial charge on any atom is -0.352 e. The minimum atomic E-state index is 0.686. The van der Waals surface area contributed by atoms with Crippen molar-refractivity contribution in [2.24, 2.45) is 4.99 Å². The lowest BCUT2D eigenvalue weighted by Crippen LogP contribution is -2.36. The predicted octanol–water partition coefficient (Wildman–Crippen LogP) is 2.71. The molecule has 0 bridgehead atoms. The molecule has 2 heterocycles. The van der Waals surface area contributed by atoms with Crippen molar-refractivity contribution in [2.45, 2.75) is 20.0 Å². The van der Waals surface area contributed by atoms with E-state index in [4.69, 9.17) is 0 Å². The topological polar surface area (TPSA) is 78.0 Å². The van der Waals surface area contributed by atoms with Crippen LogP contribution < -0.4 is 10.6 Å². The van der Waals surface area contributed by atoms with Gasteiger partial charge in [-0.1, -0.05) is 18.2 Å². The van der Waals surface area contributed by atoms with Gasteiger partial charge in [0.15, 0.2) is 11.8 Å². The summed E-state index contributed by atoms with van der Waals surface area (Å²) in [4.78, 5) is 9.78. The summed E-state index contributed by atoms with van der Waals surface area (Å²) in [6, 6.07) is 10.3. The van der Waals surface area contributed by atoms with Gasteiger partial charge >= 0.3 is 0 Å². The van der Waals surface area contributed by atoms with E-state index in [0.29, 0.717) is 6.54 Å². The first-order valence-electron chi connectivity index (χ1n) is 7.68. The van der Waals surface area contributed by atoms with Crippen LogP contribution in [-0.4, -0.2) is 28.2 Å². The highest BCUT2D eigenvalue weighted by molar-refractivity contribution is 7.10. The van der Waals surface area contributed by atoms with Crippen LogP contribution in [0.15, 0.2) is 47.0 Å². The third-order valence-corrected chi connectivity index (χ3v) is 4.71. The molecule has 0 radical (unpaired) electrons. The molecule has 0 aliphatic rings. The molecule has 2 aromatic heterocycles. The van der Waals surface area contributed by atoms with Crippen LogP contribution in [0, 0.1) is 6.92 Å². The Hall–Kier alpha value is -2.67. The van der Waals surface area contributed by atoms with Crippen molar-refractivity contribution in [1.82, 2.24) is 25.8 Å². The first-order chi connectivity index (χ1) is 11.8. The third kappa shape index (κ3) is 3.99. The second-order valence-electron chi connectivity index (χ2n) is 5.34. The lowest BCUT2D eigenvalue weighted by Gasteiger charge is -2.12. The lowest BCUT2D eigenvalue weighted by atomic mass is 10.1. The number of thiophene rings is 1. The number of rotatable bonds is 5. The van der Waals surface area contributed by atoms with E-state index in [1.807, 2.05) is 12.1 Å². The lowest BCUT2D eigenvalue weighted by molar-refractivity contribution is 0.813. The molecule has 7 heteroatoms. The molecule has 24 heavy (non-hydrogen) atoms. The van der Waals surface area contributed by atoms with Gasteiger partial charge in [-0.3, -0.25) is 10.1 Å². The van der Waals surface area contributed by atoms with Gasteiger partial charge < -0.3 is 10.6 Å². The standard InChI is InChI=1S/C17H20N6S/c1-12-6-7-24-15(12)10-20-17(18-2)19-9-13-4-3-5-14(8-13)16-21-11-22-23-16/h3-8,11H,9-10H2,1-2H3,(H2,18,19,20)(H,21,22,23). The molecule has 0 saturated carbocycles. The number of aromatic nitrogens is 3. The highest BCUT2D eigenvalue weighted by atomic mass is 32.1. The Labute approximate surface area is 145 Å². The van der Waals surface area contributed by atoms with Gasteiger partial charge in [0.05, 0.1) is 6.54 Å². The van der Waals surface area contributed by atoms with Crippen LogP contribution in [0.2, 0.25) is 0 Å². The van der Waals surface area contributed by atoms with Gasteiger partial charge in [-0.25, -0.2) is 4.98 Å². The summed E-state index contributed by atoms with van der Waals surface area (Å²) in [7, 11) is 1.78. The number of H-pyrrole nitrogens is 1. The molecule has 0 amide bonds. The molecule has 3 rings (SSSR count). The summed E-state index contributed by atoms with van der Waals surface area (Å²) in [5.41, 5.74) is 3.48. The van der Waals surface area contributed by atoms with E-state index in [1.54, 1.807) is 18.4 Å². The van der Waals surface area contributed by atoms with Crippen molar-refractivity contribution in [1.29, 1.82) is 0 Å². The van der Waals surface area contributed by atoms with Gasteiger partial charge in [0.2, 0.25) is 0 Å². The highest BCUT2D eigenvalue weighted by Crippen LogP contribution is 2.16. The first kappa shape index (κ1) is 16.2. The summed E-state index contributed by atoms with van der Waals surface area (Å²) in [6.07, 6.45) is 1.51. The first-order valence-corrected chi connectivity index (χ1v) is 8.56. The molecular weight excluding hydrogens is 320 g/mol. The smallest absolute Gasteiger partial charge is 0.191 e. The minimum absolute atomic E-state index is 0.686. The molecule has 124 valence electrons. The van der Waals surface area contributed by atoms with Gasteiger partial charge in [-0.2, -0.15) is 5.10 Å². The van der Waals surface area contributed by atoms with E-state index >= 15 is 0 Å². The van der Waals surface area contributed by atoms with Crippen molar-refractivity contribution in [3.63, 3.8) is 0 Å². The summed E-state index contributed by atoms with van der Waals surface area (Å²) < 4.78 is 0. The number of hydrogen-bond donors (Lipinski definition) is 3. The van der Waals surface area contributed by atoms with Gasteiger partial charge in [0.1, 0.15) is 6.33 Å². The number of aryl methyl sites for hydroxylation is 1. The number of guanidine groups is 1. The van der Waals surface area contributed by atoms with Crippen LogP contribution in [-0.2, 0) is 13.1 Å². The molecule has 0 spiro atoms. The highest BCUT2D eigenvalue weighted by Gasteiger charge is 2.04. The van der Waals surface area contributed by atoms with E-state index in [9.17, 15) is 0 Å². The van der Waals surface area contributed by atoms with Crippen molar-refractivity contribution >= 4 is 17.3 Å². The Morgan fingerprint density at radius 3 is 2.83 bits per heavy atom. The number of hydrogen-bond acceptors (Lipinski definition) is 4. The molecule has 3 N–H and O–H groups in total. The molecule has 6 nitrogen and oxygen atoms in total. The molecular formula is C17H20N6S. The van der Waals surface area contributed by atoms with Gasteiger partial charge in [0.25, 0.3) is 0 Å². The van der Waals surface area contributed by atoms with Crippen molar-refractivity contribution in [3.8, 4) is 11.4 Å². The Morgan fingerprint density at radius 2 is 2.12 bits per heavy atom. The van der Waals surface area contributed by atoms with Gasteiger partial charge in [-0.15, -0.1) is 11.3 Å². The van der Waals surface area contributed by atoms with Crippen LogP contribution in [0.5, 0.6) is 0 Å². The zero-order chi connectivity index (χ0) is 16.8. The van der Waals surface area contributed by atoms with Gasteiger partial charge in [-0.05, 0) is 35.6 Å². The molecule has 0 saturated heterocycles. The Morgan fingerprint density at radius 1 is 1.25 bits per heavy atom. The summed E-state index contributed by atoms with van der Waals surface area (Å²) >= 11 is 1.76. The molecule has 0 aliphatic heterocycles. The second kappa shape index (κ2) is 7.74. The number of aromatic amines is 1. The summed E-state index contributed by atoms with van der Waals surface area (Å²) in [6.45, 7) is 3.59. The zero-order valence-electron chi connectivity index (χ0n) is 13.7. The number of benzene rings is 1. The third-order valence-electron chi connectivity index (χ3n) is 3.68. The SMILES string of the molecule is CN=C(NCc1cccc(-c2ncn[nH]2)c1)NCc1sccc1C. The maximum absolute atomic E-state index is 4.28. The predicted molar refractivity (Wildman–Crippen MR) is 97.9 cm³/mol. The van der Waals surface area contributed by atoms with Crippen molar-refractivity contribution in [3.05, 3.63) is 58.0 Å². The number of aliphatic imine (C=N–C) groups is 1. The summed E-state index contributed by atoms with van der Waals surface area (Å²) in [5, 5.41) is 15.6. The Kier molecular flexibility index (Phi) is 5.22. The molecule has 1 aromatic carbocycles. The molecule has 0 aliphatic carbocycles. The average Bonchev–Trinajstić information content (AvgIpc) is 3.27. The molecule has 0 atom stereocenters. The Balaban J connectivity index is 1.58. The molecule has 3 aromatic rings. The van der Waals surface area contributed by atoms with E-state index in [-0.39, 0.29) is 0 Å². The van der Waals surface area contributed by atoms with Crippen molar-refractivity contribution in [2.75, 3.05) is 7.05 Å². The second-order valence-corrected chi connectivity index (χ2v) is 6.34. The molecule has 0 fully saturated rings. The fraction of sp³-hybridized carbons (Fsp3) is 0.235. The maximum Gasteiger partial charge on any atom is 0.191 e. The van der Waals surface area contributed by atoms with E-state index < -0.39 is 0 Å². The van der Waals surface area contributed by atoms with Crippen LogP contribution in [0.4, 0.5) is 0 Å². The quantitative estimate of drug-likeness (QED) is 0.493. The number of nitrogens with one attached hydrogen (secondary N) is 3. The Bertz CT molecular complexity index is 806. The van der Waals surface area contributed by atoms with Gasteiger partial charge in [0, 0.05) is 24.0 Å². The fourth-order valence-corrected chi connectivity index (χ4v) is 3.17. The van der Waals surface area contributed by atoms with E-state index in [2.05, 4.69) is 61.3 Å². The summed E-state index contributed by atoms with van der Waals surface area (Å²) in [5.74, 6) is 1.56. The normalized spacial score (nSPS) is 11.5. The number of nitrogens with zero attached hydrogens (tertiary/aromatic N) is 3. The van der Waals surface area contributed by atoms with E-state index in [0.717, 1.165) is 29.5 Å². The van der Waals surface area contributed by atoms with Crippen LogP contribution in [0.25, 0.3) is 11.4 Å². The fourth-order valence-electron chi connectivity index (χ4n) is 2.33. The van der Waals surface area contributed by atoms with Crippen LogP contribution in [0.3, 0.4) is 0 Å². The van der Waals surface area contributed by atoms with Crippen molar-refractivity contribution < 1.29 is 0 Å². The average molecular weight is 340 g/mol.